The lowest BCUT2D eigenvalue weighted by atomic mass is 10.1. The first-order valence-electron chi connectivity index (χ1n) is 7.47. The fourth-order valence-corrected chi connectivity index (χ4v) is 2.11. The molecular weight excluding hydrogens is 236 g/mol. The molecule has 19 heavy (non-hydrogen) atoms. The first-order valence-corrected chi connectivity index (χ1v) is 7.47. The van der Waals surface area contributed by atoms with E-state index in [-0.39, 0.29) is 0 Å². The van der Waals surface area contributed by atoms with Crippen molar-refractivity contribution in [1.82, 2.24) is 9.97 Å². The van der Waals surface area contributed by atoms with Gasteiger partial charge in [0.05, 0.1) is 0 Å². The molecule has 0 bridgehead atoms. The normalized spacial score (nSPS) is 12.7. The van der Waals surface area contributed by atoms with Gasteiger partial charge in [-0.1, -0.05) is 47.0 Å². The minimum absolute atomic E-state index is 0.296. The standard InChI is InChI=1S/C15H28N4/c1-5-7-9-12(8-6-2)17-14-10-13(16)18-15(19-14)11(3)4/h10-12H,5-9H2,1-4H3,(H3,16,17,18,19). The molecule has 0 spiro atoms. The summed E-state index contributed by atoms with van der Waals surface area (Å²) in [5.41, 5.74) is 5.86. The van der Waals surface area contributed by atoms with E-state index in [1.807, 2.05) is 6.07 Å². The first kappa shape index (κ1) is 15.7. The number of nitrogens with two attached hydrogens (primary N) is 1. The molecule has 0 fully saturated rings. The highest BCUT2D eigenvalue weighted by Crippen LogP contribution is 2.18. The summed E-state index contributed by atoms with van der Waals surface area (Å²) in [6, 6.07) is 2.32. The van der Waals surface area contributed by atoms with Crippen LogP contribution in [-0.4, -0.2) is 16.0 Å². The first-order chi connectivity index (χ1) is 9.06. The zero-order valence-electron chi connectivity index (χ0n) is 12.7. The van der Waals surface area contributed by atoms with Gasteiger partial charge in [-0.2, -0.15) is 0 Å². The summed E-state index contributed by atoms with van der Waals surface area (Å²) in [4.78, 5) is 8.84. The number of nitrogens with one attached hydrogen (secondary N) is 1. The summed E-state index contributed by atoms with van der Waals surface area (Å²) < 4.78 is 0. The Morgan fingerprint density at radius 1 is 1.16 bits per heavy atom. The molecule has 0 saturated heterocycles. The molecule has 0 aliphatic rings. The van der Waals surface area contributed by atoms with Crippen LogP contribution in [0.5, 0.6) is 0 Å². The molecule has 1 aromatic rings. The fourth-order valence-electron chi connectivity index (χ4n) is 2.11. The van der Waals surface area contributed by atoms with Crippen molar-refractivity contribution in [2.45, 2.75) is 71.8 Å². The Morgan fingerprint density at radius 2 is 1.89 bits per heavy atom. The Morgan fingerprint density at radius 3 is 2.47 bits per heavy atom. The summed E-state index contributed by atoms with van der Waals surface area (Å²) in [5.74, 6) is 2.52. The second-order valence-corrected chi connectivity index (χ2v) is 5.46. The van der Waals surface area contributed by atoms with Crippen molar-refractivity contribution in [3.8, 4) is 0 Å². The Kier molecular flexibility index (Phi) is 6.60. The number of anilines is 2. The molecule has 0 aliphatic heterocycles. The fraction of sp³-hybridized carbons (Fsp3) is 0.733. The summed E-state index contributed by atoms with van der Waals surface area (Å²) in [6.07, 6.45) is 6.01. The Balaban J connectivity index is 2.77. The molecule has 0 saturated carbocycles. The number of hydrogen-bond donors (Lipinski definition) is 2. The lowest BCUT2D eigenvalue weighted by Crippen LogP contribution is -2.20. The molecule has 1 unspecified atom stereocenters. The highest BCUT2D eigenvalue weighted by Gasteiger charge is 2.11. The van der Waals surface area contributed by atoms with E-state index in [1.165, 1.54) is 32.1 Å². The zero-order chi connectivity index (χ0) is 14.3. The van der Waals surface area contributed by atoms with Gasteiger partial charge < -0.3 is 11.1 Å². The van der Waals surface area contributed by atoms with E-state index in [1.54, 1.807) is 0 Å². The summed E-state index contributed by atoms with van der Waals surface area (Å²) in [7, 11) is 0. The molecule has 3 N–H and O–H groups in total. The predicted molar refractivity (Wildman–Crippen MR) is 82.4 cm³/mol. The molecule has 0 aromatic carbocycles. The quantitative estimate of drug-likeness (QED) is 0.746. The molecule has 1 aromatic heterocycles. The Hall–Kier alpha value is -1.32. The maximum absolute atomic E-state index is 5.86. The molecule has 108 valence electrons. The van der Waals surface area contributed by atoms with Crippen LogP contribution in [-0.2, 0) is 0 Å². The summed E-state index contributed by atoms with van der Waals surface area (Å²) >= 11 is 0. The number of hydrogen-bond acceptors (Lipinski definition) is 4. The van der Waals surface area contributed by atoms with Gasteiger partial charge in [-0.15, -0.1) is 0 Å². The van der Waals surface area contributed by atoms with Crippen molar-refractivity contribution < 1.29 is 0 Å². The minimum Gasteiger partial charge on any atom is -0.384 e. The molecule has 1 rings (SSSR count). The van der Waals surface area contributed by atoms with E-state index in [4.69, 9.17) is 5.73 Å². The van der Waals surface area contributed by atoms with Gasteiger partial charge in [-0.3, -0.25) is 0 Å². The average Bonchev–Trinajstić information content (AvgIpc) is 2.35. The van der Waals surface area contributed by atoms with Crippen LogP contribution >= 0.6 is 0 Å². The molecule has 1 heterocycles. The lowest BCUT2D eigenvalue weighted by molar-refractivity contribution is 0.562. The van der Waals surface area contributed by atoms with E-state index in [0.29, 0.717) is 17.8 Å². The predicted octanol–water partition coefficient (Wildman–Crippen LogP) is 3.95. The topological polar surface area (TPSA) is 63.8 Å². The monoisotopic (exact) mass is 264 g/mol. The SMILES string of the molecule is CCCCC(CCC)Nc1cc(N)nc(C(C)C)n1. The number of rotatable bonds is 8. The van der Waals surface area contributed by atoms with Gasteiger partial charge in [-0.25, -0.2) is 9.97 Å². The van der Waals surface area contributed by atoms with Crippen molar-refractivity contribution in [3.63, 3.8) is 0 Å². The van der Waals surface area contributed by atoms with E-state index in [0.717, 1.165) is 11.6 Å². The van der Waals surface area contributed by atoms with Gasteiger partial charge >= 0.3 is 0 Å². The van der Waals surface area contributed by atoms with E-state index in [9.17, 15) is 0 Å². The van der Waals surface area contributed by atoms with Crippen LogP contribution in [0.4, 0.5) is 11.6 Å². The Labute approximate surface area is 117 Å². The van der Waals surface area contributed by atoms with Gasteiger partial charge in [0.1, 0.15) is 17.5 Å². The molecule has 4 heteroatoms. The van der Waals surface area contributed by atoms with Gasteiger partial charge in [0.15, 0.2) is 0 Å². The zero-order valence-corrected chi connectivity index (χ0v) is 12.7. The van der Waals surface area contributed by atoms with E-state index in [2.05, 4.69) is 43.0 Å². The van der Waals surface area contributed by atoms with Crippen molar-refractivity contribution in [2.24, 2.45) is 0 Å². The molecule has 0 amide bonds. The molecule has 0 aliphatic carbocycles. The van der Waals surface area contributed by atoms with Crippen LogP contribution in [0.15, 0.2) is 6.07 Å². The van der Waals surface area contributed by atoms with Crippen molar-refractivity contribution in [3.05, 3.63) is 11.9 Å². The summed E-state index contributed by atoms with van der Waals surface area (Å²) in [6.45, 7) is 8.61. The third-order valence-electron chi connectivity index (χ3n) is 3.17. The van der Waals surface area contributed by atoms with Crippen molar-refractivity contribution in [2.75, 3.05) is 11.1 Å². The van der Waals surface area contributed by atoms with Crippen molar-refractivity contribution >= 4 is 11.6 Å². The van der Waals surface area contributed by atoms with Gasteiger partial charge in [0.25, 0.3) is 0 Å². The number of nitrogen functional groups attached to an aromatic ring is 1. The molecule has 4 nitrogen and oxygen atoms in total. The number of unbranched alkanes of at least 4 members (excludes halogenated alkanes) is 1. The lowest BCUT2D eigenvalue weighted by Gasteiger charge is -2.19. The second-order valence-electron chi connectivity index (χ2n) is 5.46. The molecule has 0 radical (unpaired) electrons. The van der Waals surface area contributed by atoms with Crippen LogP contribution in [0.3, 0.4) is 0 Å². The third-order valence-corrected chi connectivity index (χ3v) is 3.17. The maximum atomic E-state index is 5.86. The summed E-state index contributed by atoms with van der Waals surface area (Å²) in [5, 5.41) is 3.52. The Bertz CT molecular complexity index is 376. The van der Waals surface area contributed by atoms with E-state index >= 15 is 0 Å². The van der Waals surface area contributed by atoms with Crippen LogP contribution in [0.1, 0.15) is 71.5 Å². The van der Waals surface area contributed by atoms with Gasteiger partial charge in [0.2, 0.25) is 0 Å². The van der Waals surface area contributed by atoms with Gasteiger partial charge in [0, 0.05) is 18.0 Å². The van der Waals surface area contributed by atoms with Crippen LogP contribution in [0.25, 0.3) is 0 Å². The highest BCUT2D eigenvalue weighted by molar-refractivity contribution is 5.45. The van der Waals surface area contributed by atoms with Crippen molar-refractivity contribution in [1.29, 1.82) is 0 Å². The van der Waals surface area contributed by atoms with Crippen LogP contribution in [0.2, 0.25) is 0 Å². The number of nitrogens with zero attached hydrogens (tertiary/aromatic N) is 2. The second kappa shape index (κ2) is 7.97. The largest absolute Gasteiger partial charge is 0.384 e. The van der Waals surface area contributed by atoms with Crippen LogP contribution < -0.4 is 11.1 Å². The third kappa shape index (κ3) is 5.45. The number of aromatic nitrogens is 2. The molecule has 1 atom stereocenters. The van der Waals surface area contributed by atoms with Crippen LogP contribution in [0, 0.1) is 0 Å². The molecular formula is C15H28N4. The average molecular weight is 264 g/mol. The highest BCUT2D eigenvalue weighted by atomic mass is 15.1. The van der Waals surface area contributed by atoms with Gasteiger partial charge in [-0.05, 0) is 12.8 Å². The minimum atomic E-state index is 0.296. The van der Waals surface area contributed by atoms with E-state index < -0.39 is 0 Å². The maximum Gasteiger partial charge on any atom is 0.135 e. The smallest absolute Gasteiger partial charge is 0.135 e.